The van der Waals surface area contributed by atoms with E-state index in [0.29, 0.717) is 6.54 Å². The molecule has 208 valence electrons. The number of benzene rings is 2. The number of hydrogen-bond acceptors (Lipinski definition) is 6. The molecule has 0 saturated carbocycles. The first-order valence-corrected chi connectivity index (χ1v) is 13.7. The molecule has 2 aromatic carbocycles. The average molecular weight is 555 g/mol. The second-order valence-electron chi connectivity index (χ2n) is 9.54. The van der Waals surface area contributed by atoms with Gasteiger partial charge in [-0.3, -0.25) is 15.0 Å². The van der Waals surface area contributed by atoms with Crippen LogP contribution in [0.5, 0.6) is 0 Å². The van der Waals surface area contributed by atoms with Gasteiger partial charge in [-0.15, -0.1) is 0 Å². The van der Waals surface area contributed by atoms with Crippen LogP contribution in [0.25, 0.3) is 33.5 Å². The van der Waals surface area contributed by atoms with Crippen LogP contribution in [0.2, 0.25) is 0 Å². The first kappa shape index (κ1) is 28.3. The molecule has 1 atom stereocenters. The highest BCUT2D eigenvalue weighted by Crippen LogP contribution is 2.33. The van der Waals surface area contributed by atoms with Gasteiger partial charge in [-0.1, -0.05) is 48.5 Å². The van der Waals surface area contributed by atoms with Crippen LogP contribution in [0.15, 0.2) is 140 Å². The van der Waals surface area contributed by atoms with Crippen molar-refractivity contribution in [3.63, 3.8) is 0 Å². The van der Waals surface area contributed by atoms with E-state index in [-0.39, 0.29) is 11.9 Å². The second-order valence-corrected chi connectivity index (χ2v) is 9.54. The number of nitrogens with two attached hydrogens (primary N) is 1. The van der Waals surface area contributed by atoms with Crippen LogP contribution in [0, 0.1) is 5.82 Å². The van der Waals surface area contributed by atoms with Crippen molar-refractivity contribution >= 4 is 5.82 Å². The third-order valence-corrected chi connectivity index (χ3v) is 6.66. The maximum absolute atomic E-state index is 13.8. The van der Waals surface area contributed by atoms with Crippen molar-refractivity contribution in [1.82, 2.24) is 19.9 Å². The van der Waals surface area contributed by atoms with E-state index in [9.17, 15) is 4.39 Å². The molecule has 4 aromatic heterocycles. The molecule has 0 aliphatic rings. The zero-order valence-corrected chi connectivity index (χ0v) is 23.0. The lowest BCUT2D eigenvalue weighted by Gasteiger charge is -2.15. The molecule has 0 radical (unpaired) electrons. The molecular weight excluding hydrogens is 523 g/mol. The minimum atomic E-state index is -0.273. The lowest BCUT2D eigenvalue weighted by molar-refractivity contribution is 0.628. The molecule has 7 heteroatoms. The molecule has 0 aliphatic heterocycles. The lowest BCUT2D eigenvalue weighted by atomic mass is 9.97. The predicted octanol–water partition coefficient (Wildman–Crippen LogP) is 7.60. The van der Waals surface area contributed by atoms with Crippen molar-refractivity contribution in [2.45, 2.75) is 12.5 Å². The van der Waals surface area contributed by atoms with Crippen LogP contribution in [-0.2, 0) is 0 Å². The quantitative estimate of drug-likeness (QED) is 0.201. The Morgan fingerprint density at radius 2 is 1.36 bits per heavy atom. The van der Waals surface area contributed by atoms with E-state index < -0.39 is 0 Å². The van der Waals surface area contributed by atoms with E-state index in [2.05, 4.69) is 25.3 Å². The molecule has 42 heavy (non-hydrogen) atoms. The van der Waals surface area contributed by atoms with Crippen molar-refractivity contribution in [3.8, 4) is 33.5 Å². The smallest absolute Gasteiger partial charge is 0.126 e. The van der Waals surface area contributed by atoms with E-state index in [4.69, 9.17) is 5.73 Å². The van der Waals surface area contributed by atoms with Gasteiger partial charge in [0.25, 0.3) is 0 Å². The highest BCUT2D eigenvalue weighted by molar-refractivity contribution is 5.84. The zero-order chi connectivity index (χ0) is 29.0. The predicted molar refractivity (Wildman–Crippen MR) is 167 cm³/mol. The number of nitrogens with one attached hydrogen (secondary N) is 1. The summed E-state index contributed by atoms with van der Waals surface area (Å²) in [5, 5.41) is 3.36. The number of pyridine rings is 4. The maximum Gasteiger partial charge on any atom is 0.126 e. The third-order valence-electron chi connectivity index (χ3n) is 6.66. The molecule has 0 saturated heterocycles. The molecule has 6 aromatic rings. The van der Waals surface area contributed by atoms with Crippen molar-refractivity contribution in [2.24, 2.45) is 5.73 Å². The van der Waals surface area contributed by atoms with Gasteiger partial charge in [0, 0.05) is 60.9 Å². The van der Waals surface area contributed by atoms with Gasteiger partial charge in [0.05, 0.1) is 5.69 Å². The van der Waals surface area contributed by atoms with E-state index >= 15 is 0 Å². The average Bonchev–Trinajstić information content (AvgIpc) is 3.06. The van der Waals surface area contributed by atoms with E-state index in [0.717, 1.165) is 51.3 Å². The van der Waals surface area contributed by atoms with Crippen molar-refractivity contribution in [1.29, 1.82) is 0 Å². The topological polar surface area (TPSA) is 89.6 Å². The number of anilines is 1. The Labute approximate surface area is 245 Å². The van der Waals surface area contributed by atoms with Gasteiger partial charge in [0.1, 0.15) is 11.6 Å². The Balaban J connectivity index is 0.000000244. The van der Waals surface area contributed by atoms with Gasteiger partial charge in [0.15, 0.2) is 0 Å². The van der Waals surface area contributed by atoms with Crippen LogP contribution < -0.4 is 11.1 Å². The molecule has 0 aliphatic carbocycles. The Morgan fingerprint density at radius 3 is 2.05 bits per heavy atom. The fourth-order valence-electron chi connectivity index (χ4n) is 4.49. The summed E-state index contributed by atoms with van der Waals surface area (Å²) >= 11 is 0. The SMILES string of the molecule is NC(CCNc1cc(-c2ccncc2)c(-c2cccc(F)c2)cn1)c1ccccc1.c1ccc(-c2ccncc2)nc1. The molecule has 0 amide bonds. The van der Waals surface area contributed by atoms with Crippen LogP contribution in [0.4, 0.5) is 10.2 Å². The van der Waals surface area contributed by atoms with Crippen LogP contribution in [0.3, 0.4) is 0 Å². The van der Waals surface area contributed by atoms with Gasteiger partial charge < -0.3 is 11.1 Å². The Hall–Kier alpha value is -5.27. The minimum absolute atomic E-state index is 0.0371. The number of halogens is 1. The first-order chi connectivity index (χ1) is 20.7. The molecule has 6 nitrogen and oxygen atoms in total. The number of nitrogens with zero attached hydrogens (tertiary/aromatic N) is 4. The molecule has 0 spiro atoms. The van der Waals surface area contributed by atoms with E-state index in [1.165, 1.54) is 12.1 Å². The summed E-state index contributed by atoms with van der Waals surface area (Å²) in [6.45, 7) is 0.693. The number of aromatic nitrogens is 4. The largest absolute Gasteiger partial charge is 0.370 e. The fourth-order valence-corrected chi connectivity index (χ4v) is 4.49. The molecule has 6 rings (SSSR count). The fraction of sp³-hybridized carbons (Fsp3) is 0.0857. The maximum atomic E-state index is 13.8. The molecule has 3 N–H and O–H groups in total. The van der Waals surface area contributed by atoms with Gasteiger partial charge in [0.2, 0.25) is 0 Å². The first-order valence-electron chi connectivity index (χ1n) is 13.7. The molecule has 0 fully saturated rings. The van der Waals surface area contributed by atoms with Crippen LogP contribution in [-0.4, -0.2) is 26.5 Å². The van der Waals surface area contributed by atoms with Crippen molar-refractivity contribution in [2.75, 3.05) is 11.9 Å². The highest BCUT2D eigenvalue weighted by Gasteiger charge is 2.11. The van der Waals surface area contributed by atoms with E-state index in [1.54, 1.807) is 43.2 Å². The normalized spacial score (nSPS) is 11.2. The Morgan fingerprint density at radius 1 is 0.643 bits per heavy atom. The number of hydrogen-bond donors (Lipinski definition) is 2. The second kappa shape index (κ2) is 14.4. The summed E-state index contributed by atoms with van der Waals surface area (Å²) in [6.07, 6.45) is 11.4. The Kier molecular flexibility index (Phi) is 9.68. The zero-order valence-electron chi connectivity index (χ0n) is 23.0. The highest BCUT2D eigenvalue weighted by atomic mass is 19.1. The van der Waals surface area contributed by atoms with Crippen molar-refractivity contribution in [3.05, 3.63) is 152 Å². The number of rotatable bonds is 8. The summed E-state index contributed by atoms with van der Waals surface area (Å²) < 4.78 is 13.8. The summed E-state index contributed by atoms with van der Waals surface area (Å²) in [5.74, 6) is 0.479. The van der Waals surface area contributed by atoms with E-state index in [1.807, 2.05) is 84.9 Å². The molecule has 4 heterocycles. The summed E-state index contributed by atoms with van der Waals surface area (Å²) in [7, 11) is 0. The standard InChI is InChI=1S/C25H23FN4.C10H8N2/c26-21-8-4-7-20(15-21)23-17-30-25(16-22(23)18-9-12-28-13-10-18)29-14-11-24(27)19-5-2-1-3-6-19;1-2-6-12-10(3-1)9-4-7-11-8-5-9/h1-10,12-13,15-17,24H,11,14,27H2,(H,29,30);1-8H. The van der Waals surface area contributed by atoms with Gasteiger partial charge in [-0.2, -0.15) is 0 Å². The van der Waals surface area contributed by atoms with Crippen LogP contribution >= 0.6 is 0 Å². The van der Waals surface area contributed by atoms with Crippen molar-refractivity contribution < 1.29 is 4.39 Å². The minimum Gasteiger partial charge on any atom is -0.370 e. The molecular formula is C35H31FN6. The molecule has 1 unspecified atom stereocenters. The lowest BCUT2D eigenvalue weighted by Crippen LogP contribution is -2.15. The Bertz CT molecular complexity index is 1630. The summed E-state index contributed by atoms with van der Waals surface area (Å²) in [6, 6.07) is 32.2. The van der Waals surface area contributed by atoms with Gasteiger partial charge in [-0.05, 0) is 83.3 Å². The van der Waals surface area contributed by atoms with Gasteiger partial charge >= 0.3 is 0 Å². The molecule has 0 bridgehead atoms. The monoisotopic (exact) mass is 554 g/mol. The summed E-state index contributed by atoms with van der Waals surface area (Å²) in [5.41, 5.74) is 13.1. The third kappa shape index (κ3) is 7.68. The van der Waals surface area contributed by atoms with Gasteiger partial charge in [-0.25, -0.2) is 9.37 Å². The summed E-state index contributed by atoms with van der Waals surface area (Å²) in [4.78, 5) is 16.8. The van der Waals surface area contributed by atoms with Crippen LogP contribution in [0.1, 0.15) is 18.0 Å².